The number of methoxy groups -OCH3 is 1. The van der Waals surface area contributed by atoms with E-state index in [1.165, 1.54) is 13.2 Å². The number of benzene rings is 2. The number of hydrogen-bond donors (Lipinski definition) is 2. The van der Waals surface area contributed by atoms with E-state index < -0.39 is 12.1 Å². The van der Waals surface area contributed by atoms with E-state index in [-0.39, 0.29) is 12.2 Å². The van der Waals surface area contributed by atoms with E-state index in [2.05, 4.69) is 0 Å². The van der Waals surface area contributed by atoms with Gasteiger partial charge in [-0.1, -0.05) is 30.3 Å². The van der Waals surface area contributed by atoms with Crippen LogP contribution in [0.3, 0.4) is 0 Å². The summed E-state index contributed by atoms with van der Waals surface area (Å²) in [6.45, 7) is 0.284. The number of aliphatic hydroxyl groups is 1. The highest BCUT2D eigenvalue weighted by Gasteiger charge is 2.21. The third-order valence-corrected chi connectivity index (χ3v) is 2.98. The van der Waals surface area contributed by atoms with Crippen molar-refractivity contribution in [1.82, 2.24) is 0 Å². The van der Waals surface area contributed by atoms with Gasteiger partial charge in [0.15, 0.2) is 6.10 Å². The molecule has 0 radical (unpaired) electrons. The number of carboxylic acids is 1. The van der Waals surface area contributed by atoms with Crippen LogP contribution in [-0.2, 0) is 11.4 Å². The average Bonchev–Trinajstić information content (AvgIpc) is 2.53. The van der Waals surface area contributed by atoms with Gasteiger partial charge >= 0.3 is 5.97 Å². The Kier molecular flexibility index (Phi) is 4.79. The SMILES string of the molecule is COc1ccc(OCc2ccccc2)c(C(O)C(=O)O)c1. The maximum absolute atomic E-state index is 11.0. The molecule has 110 valence electrons. The maximum Gasteiger partial charge on any atom is 0.337 e. The minimum absolute atomic E-state index is 0.165. The molecule has 21 heavy (non-hydrogen) atoms. The van der Waals surface area contributed by atoms with Gasteiger partial charge in [0.25, 0.3) is 0 Å². The molecule has 0 amide bonds. The number of carbonyl (C=O) groups is 1. The molecular formula is C16H16O5. The zero-order valence-corrected chi connectivity index (χ0v) is 11.5. The average molecular weight is 288 g/mol. The van der Waals surface area contributed by atoms with Gasteiger partial charge in [-0.3, -0.25) is 0 Å². The Morgan fingerprint density at radius 2 is 1.90 bits per heavy atom. The summed E-state index contributed by atoms with van der Waals surface area (Å²) < 4.78 is 10.7. The monoisotopic (exact) mass is 288 g/mol. The molecule has 0 aliphatic carbocycles. The van der Waals surface area contributed by atoms with Crippen LogP contribution in [0, 0.1) is 0 Å². The van der Waals surface area contributed by atoms with Crippen molar-refractivity contribution < 1.29 is 24.5 Å². The van der Waals surface area contributed by atoms with Crippen molar-refractivity contribution in [3.63, 3.8) is 0 Å². The number of carboxylic acid groups (broad SMARTS) is 1. The smallest absolute Gasteiger partial charge is 0.337 e. The van der Waals surface area contributed by atoms with Gasteiger partial charge in [0, 0.05) is 5.56 Å². The molecule has 1 atom stereocenters. The van der Waals surface area contributed by atoms with Crippen molar-refractivity contribution in [2.75, 3.05) is 7.11 Å². The first-order valence-corrected chi connectivity index (χ1v) is 6.37. The fourth-order valence-electron chi connectivity index (χ4n) is 1.87. The van der Waals surface area contributed by atoms with Crippen molar-refractivity contribution in [1.29, 1.82) is 0 Å². The molecule has 1 unspecified atom stereocenters. The van der Waals surface area contributed by atoms with Gasteiger partial charge < -0.3 is 19.7 Å². The summed E-state index contributed by atoms with van der Waals surface area (Å²) in [5, 5.41) is 18.7. The van der Waals surface area contributed by atoms with E-state index in [9.17, 15) is 9.90 Å². The summed E-state index contributed by atoms with van der Waals surface area (Å²) in [6.07, 6.45) is -1.66. The fraction of sp³-hybridized carbons (Fsp3) is 0.188. The topological polar surface area (TPSA) is 76.0 Å². The predicted octanol–water partition coefficient (Wildman–Crippen LogP) is 2.39. The Morgan fingerprint density at radius 3 is 2.52 bits per heavy atom. The Bertz CT molecular complexity index is 609. The molecule has 0 saturated carbocycles. The van der Waals surface area contributed by atoms with E-state index in [0.29, 0.717) is 11.5 Å². The molecule has 0 spiro atoms. The molecule has 0 heterocycles. The van der Waals surface area contributed by atoms with Crippen molar-refractivity contribution in [3.8, 4) is 11.5 Å². The van der Waals surface area contributed by atoms with Gasteiger partial charge in [-0.2, -0.15) is 0 Å². The molecule has 2 N–H and O–H groups in total. The van der Waals surface area contributed by atoms with Gasteiger partial charge in [0.1, 0.15) is 18.1 Å². The Labute approximate surface area is 122 Å². The van der Waals surface area contributed by atoms with Crippen molar-refractivity contribution in [3.05, 3.63) is 59.7 Å². The van der Waals surface area contributed by atoms with E-state index in [1.54, 1.807) is 12.1 Å². The van der Waals surface area contributed by atoms with E-state index in [4.69, 9.17) is 14.6 Å². The summed E-state index contributed by atoms with van der Waals surface area (Å²) in [5.41, 5.74) is 1.11. The molecule has 0 aromatic heterocycles. The van der Waals surface area contributed by atoms with Crippen LogP contribution in [0.5, 0.6) is 11.5 Å². The third kappa shape index (κ3) is 3.73. The van der Waals surface area contributed by atoms with Gasteiger partial charge in [-0.05, 0) is 23.8 Å². The Morgan fingerprint density at radius 1 is 1.19 bits per heavy atom. The summed E-state index contributed by atoms with van der Waals surface area (Å²) in [6, 6.07) is 14.2. The first kappa shape index (κ1) is 14.9. The minimum Gasteiger partial charge on any atom is -0.497 e. The summed E-state index contributed by atoms with van der Waals surface area (Å²) in [5.74, 6) is -0.570. The standard InChI is InChI=1S/C16H16O5/c1-20-12-7-8-14(13(9-12)15(17)16(18)19)21-10-11-5-3-2-4-6-11/h2-9,15,17H,10H2,1H3,(H,18,19). The Balaban J connectivity index is 2.23. The second-order valence-electron chi connectivity index (χ2n) is 4.42. The third-order valence-electron chi connectivity index (χ3n) is 2.98. The molecule has 2 aromatic rings. The highest BCUT2D eigenvalue weighted by atomic mass is 16.5. The van der Waals surface area contributed by atoms with Crippen LogP contribution in [0.1, 0.15) is 17.2 Å². The van der Waals surface area contributed by atoms with Crippen LogP contribution >= 0.6 is 0 Å². The first-order valence-electron chi connectivity index (χ1n) is 6.37. The molecule has 0 fully saturated rings. The number of rotatable bonds is 6. The number of hydrogen-bond acceptors (Lipinski definition) is 4. The van der Waals surface area contributed by atoms with Crippen LogP contribution in [0.25, 0.3) is 0 Å². The molecule has 5 nitrogen and oxygen atoms in total. The normalized spacial score (nSPS) is 11.7. The highest BCUT2D eigenvalue weighted by molar-refractivity contribution is 5.75. The van der Waals surface area contributed by atoms with Crippen molar-refractivity contribution in [2.45, 2.75) is 12.7 Å². The quantitative estimate of drug-likeness (QED) is 0.853. The predicted molar refractivity (Wildman–Crippen MR) is 76.4 cm³/mol. The number of aliphatic hydroxyl groups excluding tert-OH is 1. The van der Waals surface area contributed by atoms with Crippen molar-refractivity contribution >= 4 is 5.97 Å². The number of aliphatic carboxylic acids is 1. The van der Waals surface area contributed by atoms with Crippen LogP contribution < -0.4 is 9.47 Å². The first-order chi connectivity index (χ1) is 10.1. The van der Waals surface area contributed by atoms with E-state index in [0.717, 1.165) is 5.56 Å². The van der Waals surface area contributed by atoms with Crippen LogP contribution in [0.15, 0.2) is 48.5 Å². The lowest BCUT2D eigenvalue weighted by Gasteiger charge is -2.15. The second kappa shape index (κ2) is 6.76. The summed E-state index contributed by atoms with van der Waals surface area (Å²) in [7, 11) is 1.47. The van der Waals surface area contributed by atoms with Gasteiger partial charge in [0.2, 0.25) is 0 Å². The van der Waals surface area contributed by atoms with Gasteiger partial charge in [0.05, 0.1) is 7.11 Å². The van der Waals surface area contributed by atoms with E-state index >= 15 is 0 Å². The molecule has 0 bridgehead atoms. The zero-order valence-electron chi connectivity index (χ0n) is 11.5. The molecule has 2 rings (SSSR count). The van der Waals surface area contributed by atoms with Gasteiger partial charge in [-0.25, -0.2) is 4.79 Å². The lowest BCUT2D eigenvalue weighted by atomic mass is 10.1. The van der Waals surface area contributed by atoms with Crippen LogP contribution in [0.4, 0.5) is 0 Å². The highest BCUT2D eigenvalue weighted by Crippen LogP contribution is 2.30. The summed E-state index contributed by atoms with van der Waals surface area (Å²) >= 11 is 0. The molecule has 2 aromatic carbocycles. The van der Waals surface area contributed by atoms with Crippen LogP contribution in [-0.4, -0.2) is 23.3 Å². The molecule has 0 aliphatic rings. The van der Waals surface area contributed by atoms with E-state index in [1.807, 2.05) is 30.3 Å². The second-order valence-corrected chi connectivity index (χ2v) is 4.42. The van der Waals surface area contributed by atoms with Crippen LogP contribution in [0.2, 0.25) is 0 Å². The lowest BCUT2D eigenvalue weighted by molar-refractivity contribution is -0.147. The lowest BCUT2D eigenvalue weighted by Crippen LogP contribution is -2.12. The molecule has 0 aliphatic heterocycles. The zero-order chi connectivity index (χ0) is 15.2. The van der Waals surface area contributed by atoms with Gasteiger partial charge in [-0.15, -0.1) is 0 Å². The molecular weight excluding hydrogens is 272 g/mol. The summed E-state index contributed by atoms with van der Waals surface area (Å²) in [4.78, 5) is 11.0. The largest absolute Gasteiger partial charge is 0.497 e. The number of ether oxygens (including phenoxy) is 2. The van der Waals surface area contributed by atoms with Crippen molar-refractivity contribution in [2.24, 2.45) is 0 Å². The Hall–Kier alpha value is -2.53. The fourth-order valence-corrected chi connectivity index (χ4v) is 1.87. The molecule has 5 heteroatoms. The minimum atomic E-state index is -1.66. The maximum atomic E-state index is 11.0. The molecule has 0 saturated heterocycles.